The second-order valence-electron chi connectivity index (χ2n) is 8.84. The number of nitrogens with one attached hydrogen (secondary N) is 1. The Bertz CT molecular complexity index is 869. The molecule has 3 fully saturated rings. The van der Waals surface area contributed by atoms with Gasteiger partial charge in [-0.1, -0.05) is 12.8 Å². The summed E-state index contributed by atoms with van der Waals surface area (Å²) < 4.78 is 41.2. The zero-order chi connectivity index (χ0) is 22.0. The standard InChI is InChI=1S/C20H32N4O6S/c1-23-10-20(21-13-23)31(27,28)24-9-15(25)11-29-12-18-17(24)7-6-16(30-18)8-19(26)22-14-4-2-3-5-14/h10,13-18,25H,2-9,11-12H2,1H3,(H,22,26)/t15-,16+,17-,18+/m0/s1. The number of hydrogen-bond donors (Lipinski definition) is 2. The number of hydrogen-bond acceptors (Lipinski definition) is 7. The van der Waals surface area contributed by atoms with Gasteiger partial charge in [-0.3, -0.25) is 4.79 Å². The van der Waals surface area contributed by atoms with Crippen LogP contribution < -0.4 is 5.32 Å². The number of amides is 1. The Balaban J connectivity index is 1.46. The van der Waals surface area contributed by atoms with E-state index in [-0.39, 0.29) is 49.3 Å². The first kappa shape index (κ1) is 22.7. The molecule has 1 saturated carbocycles. The normalized spacial score (nSPS) is 31.0. The Morgan fingerprint density at radius 1 is 1.26 bits per heavy atom. The number of aromatic nitrogens is 2. The third-order valence-electron chi connectivity index (χ3n) is 6.32. The molecule has 2 N–H and O–H groups in total. The van der Waals surface area contributed by atoms with Gasteiger partial charge in [-0.05, 0) is 25.7 Å². The maximum absolute atomic E-state index is 13.3. The molecule has 0 aromatic carbocycles. The van der Waals surface area contributed by atoms with Crippen molar-refractivity contribution in [3.63, 3.8) is 0 Å². The van der Waals surface area contributed by atoms with Gasteiger partial charge in [-0.25, -0.2) is 13.4 Å². The molecule has 2 saturated heterocycles. The number of rotatable bonds is 5. The molecule has 0 bridgehead atoms. The van der Waals surface area contributed by atoms with Gasteiger partial charge < -0.3 is 24.5 Å². The molecule has 1 aromatic rings. The average Bonchev–Trinajstić information content (AvgIpc) is 3.37. The summed E-state index contributed by atoms with van der Waals surface area (Å²) in [5.41, 5.74) is 0. The molecular weight excluding hydrogens is 424 g/mol. The Hall–Kier alpha value is -1.53. The highest BCUT2D eigenvalue weighted by atomic mass is 32.2. The maximum atomic E-state index is 13.3. The molecule has 11 heteroatoms. The second kappa shape index (κ2) is 9.53. The van der Waals surface area contributed by atoms with Crippen LogP contribution in [0.4, 0.5) is 0 Å². The van der Waals surface area contributed by atoms with Crippen molar-refractivity contribution in [1.29, 1.82) is 0 Å². The Kier molecular flexibility index (Phi) is 6.97. The van der Waals surface area contributed by atoms with E-state index in [0.717, 1.165) is 25.7 Å². The second-order valence-corrected chi connectivity index (χ2v) is 10.7. The zero-order valence-electron chi connectivity index (χ0n) is 17.9. The van der Waals surface area contributed by atoms with E-state index in [4.69, 9.17) is 9.47 Å². The lowest BCUT2D eigenvalue weighted by Gasteiger charge is -2.43. The largest absolute Gasteiger partial charge is 0.389 e. The third-order valence-corrected chi connectivity index (χ3v) is 8.10. The van der Waals surface area contributed by atoms with Gasteiger partial charge in [0.05, 0.1) is 50.3 Å². The summed E-state index contributed by atoms with van der Waals surface area (Å²) in [5, 5.41) is 13.3. The van der Waals surface area contributed by atoms with Crippen LogP contribution in [0.1, 0.15) is 44.9 Å². The number of imidazole rings is 1. The van der Waals surface area contributed by atoms with Crippen molar-refractivity contribution in [2.24, 2.45) is 7.05 Å². The molecule has 1 aliphatic carbocycles. The van der Waals surface area contributed by atoms with E-state index in [1.54, 1.807) is 11.6 Å². The summed E-state index contributed by atoms with van der Waals surface area (Å²) in [6, 6.07) is -0.231. The van der Waals surface area contributed by atoms with Crippen LogP contribution in [0, 0.1) is 0 Å². The monoisotopic (exact) mass is 456 g/mol. The molecule has 3 heterocycles. The SMILES string of the molecule is Cn1cnc(S(=O)(=O)N2C[C@H](O)COC[C@H]3O[C@@H](CC(=O)NC4CCCC4)CC[C@@H]32)c1. The molecule has 1 amide bonds. The van der Waals surface area contributed by atoms with Gasteiger partial charge in [0.1, 0.15) is 0 Å². The summed E-state index contributed by atoms with van der Waals surface area (Å²) in [7, 11) is -2.21. The van der Waals surface area contributed by atoms with E-state index < -0.39 is 28.3 Å². The average molecular weight is 457 g/mol. The van der Waals surface area contributed by atoms with Crippen LogP contribution in [-0.2, 0) is 31.3 Å². The number of nitrogens with zero attached hydrogens (tertiary/aromatic N) is 3. The van der Waals surface area contributed by atoms with Crippen molar-refractivity contribution in [2.45, 2.75) is 80.4 Å². The fourth-order valence-corrected chi connectivity index (χ4v) is 6.46. The number of carbonyl (C=O) groups excluding carboxylic acids is 1. The van der Waals surface area contributed by atoms with Gasteiger partial charge in [0.15, 0.2) is 5.03 Å². The summed E-state index contributed by atoms with van der Waals surface area (Å²) in [6.45, 7) is 0.0978. The fourth-order valence-electron chi connectivity index (χ4n) is 4.78. The smallest absolute Gasteiger partial charge is 0.262 e. The van der Waals surface area contributed by atoms with Crippen molar-refractivity contribution in [2.75, 3.05) is 19.8 Å². The lowest BCUT2D eigenvalue weighted by atomic mass is 9.96. The minimum Gasteiger partial charge on any atom is -0.389 e. The molecule has 31 heavy (non-hydrogen) atoms. The quantitative estimate of drug-likeness (QED) is 0.647. The number of β-amino-alcohol motifs (C(OH)–C–C–N with tert-alkyl or cyclic N) is 1. The van der Waals surface area contributed by atoms with E-state index in [1.807, 2.05) is 0 Å². The van der Waals surface area contributed by atoms with Crippen LogP contribution in [0.15, 0.2) is 17.6 Å². The molecule has 0 spiro atoms. The number of aliphatic hydroxyl groups is 1. The van der Waals surface area contributed by atoms with Gasteiger partial charge in [0.2, 0.25) is 5.91 Å². The number of ether oxygens (including phenoxy) is 2. The van der Waals surface area contributed by atoms with Crippen LogP contribution in [0.2, 0.25) is 0 Å². The molecule has 0 radical (unpaired) electrons. The Labute approximate surface area is 183 Å². The van der Waals surface area contributed by atoms with Gasteiger partial charge >= 0.3 is 0 Å². The molecule has 4 atom stereocenters. The number of aryl methyl sites for hydroxylation is 1. The summed E-state index contributed by atoms with van der Waals surface area (Å²) in [4.78, 5) is 16.4. The lowest BCUT2D eigenvalue weighted by Crippen LogP contribution is -2.57. The highest BCUT2D eigenvalue weighted by Crippen LogP contribution is 2.31. The van der Waals surface area contributed by atoms with Crippen LogP contribution in [0.25, 0.3) is 0 Å². The molecule has 10 nitrogen and oxygen atoms in total. The number of sulfonamides is 1. The highest BCUT2D eigenvalue weighted by molar-refractivity contribution is 7.89. The predicted molar refractivity (Wildman–Crippen MR) is 111 cm³/mol. The highest BCUT2D eigenvalue weighted by Gasteiger charge is 2.44. The van der Waals surface area contributed by atoms with E-state index in [2.05, 4.69) is 10.3 Å². The van der Waals surface area contributed by atoms with Crippen molar-refractivity contribution in [1.82, 2.24) is 19.2 Å². The first-order valence-corrected chi connectivity index (χ1v) is 12.5. The van der Waals surface area contributed by atoms with Crippen molar-refractivity contribution >= 4 is 15.9 Å². The number of fused-ring (bicyclic) bond motifs is 1. The van der Waals surface area contributed by atoms with Crippen LogP contribution in [0.3, 0.4) is 0 Å². The van der Waals surface area contributed by atoms with E-state index in [9.17, 15) is 18.3 Å². The minimum atomic E-state index is -3.91. The van der Waals surface area contributed by atoms with Gasteiger partial charge in [0, 0.05) is 25.8 Å². The summed E-state index contributed by atoms with van der Waals surface area (Å²) in [5.74, 6) is -0.0181. The molecule has 0 unspecified atom stereocenters. The van der Waals surface area contributed by atoms with E-state index >= 15 is 0 Å². The third kappa shape index (κ3) is 5.28. The Morgan fingerprint density at radius 2 is 2.03 bits per heavy atom. The molecule has 174 valence electrons. The van der Waals surface area contributed by atoms with Crippen LogP contribution >= 0.6 is 0 Å². The van der Waals surface area contributed by atoms with Crippen molar-refractivity contribution in [3.05, 3.63) is 12.5 Å². The lowest BCUT2D eigenvalue weighted by molar-refractivity contribution is -0.146. The topological polar surface area (TPSA) is 123 Å². The maximum Gasteiger partial charge on any atom is 0.262 e. The predicted octanol–water partition coefficient (Wildman–Crippen LogP) is 0.167. The zero-order valence-corrected chi connectivity index (χ0v) is 18.7. The summed E-state index contributed by atoms with van der Waals surface area (Å²) >= 11 is 0. The first-order chi connectivity index (χ1) is 14.8. The number of aliphatic hydroxyl groups excluding tert-OH is 1. The van der Waals surface area contributed by atoms with Crippen molar-refractivity contribution < 1.29 is 27.8 Å². The van der Waals surface area contributed by atoms with Gasteiger partial charge in [0.25, 0.3) is 10.0 Å². The van der Waals surface area contributed by atoms with Crippen molar-refractivity contribution in [3.8, 4) is 0 Å². The molecule has 2 aliphatic heterocycles. The molecule has 3 aliphatic rings. The molecule has 4 rings (SSSR count). The van der Waals surface area contributed by atoms with Crippen LogP contribution in [-0.4, -0.2) is 83.4 Å². The molecular formula is C20H32N4O6S. The van der Waals surface area contributed by atoms with E-state index in [0.29, 0.717) is 12.8 Å². The minimum absolute atomic E-state index is 0.0181. The fraction of sp³-hybridized carbons (Fsp3) is 0.800. The number of carbonyl (C=O) groups is 1. The first-order valence-electron chi connectivity index (χ1n) is 11.0. The molecule has 1 aromatic heterocycles. The summed E-state index contributed by atoms with van der Waals surface area (Å²) in [6.07, 6.45) is 6.85. The van der Waals surface area contributed by atoms with Crippen LogP contribution in [0.5, 0.6) is 0 Å². The Morgan fingerprint density at radius 3 is 2.74 bits per heavy atom. The van der Waals surface area contributed by atoms with Gasteiger partial charge in [-0.15, -0.1) is 0 Å². The van der Waals surface area contributed by atoms with E-state index in [1.165, 1.54) is 16.8 Å². The van der Waals surface area contributed by atoms with Gasteiger partial charge in [-0.2, -0.15) is 4.31 Å².